The molecule has 0 radical (unpaired) electrons. The molecule has 0 heterocycles. The monoisotopic (exact) mass is 262 g/mol. The summed E-state index contributed by atoms with van der Waals surface area (Å²) in [5.74, 6) is 0. The summed E-state index contributed by atoms with van der Waals surface area (Å²) in [7, 11) is 0. The fourth-order valence-corrected chi connectivity index (χ4v) is 1.81. The first-order chi connectivity index (χ1) is 8.88. The topological polar surface area (TPSA) is 76.3 Å². The molecule has 0 unspecified atom stereocenters. The van der Waals surface area contributed by atoms with Crippen molar-refractivity contribution in [3.63, 3.8) is 0 Å². The second-order valence-electron chi connectivity index (χ2n) is 5.62. The van der Waals surface area contributed by atoms with Crippen LogP contribution < -0.4 is 5.32 Å². The van der Waals surface area contributed by atoms with E-state index >= 15 is 0 Å². The molecule has 0 aromatic heterocycles. The van der Waals surface area contributed by atoms with Crippen LogP contribution in [0.25, 0.3) is 0 Å². The van der Waals surface area contributed by atoms with Crippen molar-refractivity contribution >= 4 is 0 Å². The Balaban J connectivity index is 2.95. The maximum atomic E-state index is 9.26. The average Bonchev–Trinajstić information content (AvgIpc) is 2.45. The molecule has 1 rings (SSSR count). The molecule has 4 nitrogen and oxygen atoms in total. The summed E-state index contributed by atoms with van der Waals surface area (Å²) >= 11 is 0. The standard InChI is InChI=1S/C15H22N2O2/c1-14(2,9-16)13-7-5-4-6-12(13)8-17-15(3,10-18)11-19/h4-7,17-19H,8,10-11H2,1-3H3. The number of aliphatic hydroxyl groups excluding tert-OH is 2. The van der Waals surface area contributed by atoms with Gasteiger partial charge in [0.1, 0.15) is 0 Å². The van der Waals surface area contributed by atoms with Crippen LogP contribution in [0.2, 0.25) is 0 Å². The smallest absolute Gasteiger partial charge is 0.0769 e. The van der Waals surface area contributed by atoms with E-state index in [1.807, 2.05) is 38.1 Å². The fraction of sp³-hybridized carbons (Fsp3) is 0.533. The van der Waals surface area contributed by atoms with E-state index in [2.05, 4.69) is 11.4 Å². The van der Waals surface area contributed by atoms with Gasteiger partial charge in [-0.05, 0) is 31.9 Å². The summed E-state index contributed by atoms with van der Waals surface area (Å²) in [6.45, 7) is 5.72. The molecule has 0 aliphatic rings. The Hall–Kier alpha value is -1.41. The van der Waals surface area contributed by atoms with Gasteiger partial charge in [-0.25, -0.2) is 0 Å². The first-order valence-corrected chi connectivity index (χ1v) is 6.35. The van der Waals surface area contributed by atoms with Crippen LogP contribution in [-0.2, 0) is 12.0 Å². The van der Waals surface area contributed by atoms with Gasteiger partial charge < -0.3 is 15.5 Å². The van der Waals surface area contributed by atoms with Crippen LogP contribution in [0, 0.1) is 11.3 Å². The molecule has 4 heteroatoms. The van der Waals surface area contributed by atoms with Gasteiger partial charge in [-0.2, -0.15) is 5.26 Å². The van der Waals surface area contributed by atoms with Crippen molar-refractivity contribution in [1.29, 1.82) is 5.26 Å². The van der Waals surface area contributed by atoms with Crippen molar-refractivity contribution < 1.29 is 10.2 Å². The summed E-state index contributed by atoms with van der Waals surface area (Å²) in [4.78, 5) is 0. The SMILES string of the molecule is CC(CO)(CO)NCc1ccccc1C(C)(C)C#N. The van der Waals surface area contributed by atoms with Crippen LogP contribution in [0.1, 0.15) is 31.9 Å². The van der Waals surface area contributed by atoms with E-state index in [1.165, 1.54) is 0 Å². The molecule has 0 aliphatic heterocycles. The predicted octanol–water partition coefficient (Wildman–Crippen LogP) is 1.32. The molecular weight excluding hydrogens is 240 g/mol. The zero-order chi connectivity index (χ0) is 14.5. The van der Waals surface area contributed by atoms with E-state index in [-0.39, 0.29) is 13.2 Å². The van der Waals surface area contributed by atoms with Crippen molar-refractivity contribution in [1.82, 2.24) is 5.32 Å². The minimum atomic E-state index is -0.718. The van der Waals surface area contributed by atoms with Gasteiger partial charge >= 0.3 is 0 Å². The summed E-state index contributed by atoms with van der Waals surface area (Å²) in [6, 6.07) is 10.0. The van der Waals surface area contributed by atoms with Crippen LogP contribution in [0.4, 0.5) is 0 Å². The Morgan fingerprint density at radius 3 is 2.26 bits per heavy atom. The summed E-state index contributed by atoms with van der Waals surface area (Å²) < 4.78 is 0. The number of hydrogen-bond acceptors (Lipinski definition) is 4. The maximum Gasteiger partial charge on any atom is 0.0769 e. The number of aliphatic hydroxyl groups is 2. The Labute approximate surface area is 114 Å². The first kappa shape index (κ1) is 15.6. The summed E-state index contributed by atoms with van der Waals surface area (Å²) in [5.41, 5.74) is 0.683. The van der Waals surface area contributed by atoms with E-state index in [0.29, 0.717) is 6.54 Å². The Bertz CT molecular complexity index is 459. The van der Waals surface area contributed by atoms with Crippen molar-refractivity contribution in [2.45, 2.75) is 38.3 Å². The van der Waals surface area contributed by atoms with Gasteiger partial charge in [-0.15, -0.1) is 0 Å². The third-order valence-corrected chi connectivity index (χ3v) is 3.37. The van der Waals surface area contributed by atoms with Crippen LogP contribution in [0.3, 0.4) is 0 Å². The molecule has 0 amide bonds. The van der Waals surface area contributed by atoms with Crippen LogP contribution in [0.15, 0.2) is 24.3 Å². The van der Waals surface area contributed by atoms with Gasteiger partial charge in [-0.3, -0.25) is 0 Å². The number of nitrogens with one attached hydrogen (secondary N) is 1. The van der Waals surface area contributed by atoms with Gasteiger partial charge in [0, 0.05) is 6.54 Å². The normalized spacial score (nSPS) is 12.2. The predicted molar refractivity (Wildman–Crippen MR) is 74.5 cm³/mol. The lowest BCUT2D eigenvalue weighted by Gasteiger charge is -2.28. The lowest BCUT2D eigenvalue weighted by atomic mass is 9.83. The number of hydrogen-bond donors (Lipinski definition) is 3. The molecule has 0 bridgehead atoms. The zero-order valence-electron chi connectivity index (χ0n) is 11.8. The van der Waals surface area contributed by atoms with Gasteiger partial charge in [0.2, 0.25) is 0 Å². The molecule has 0 spiro atoms. The summed E-state index contributed by atoms with van der Waals surface area (Å²) in [6.07, 6.45) is 0. The summed E-state index contributed by atoms with van der Waals surface area (Å²) in [5, 5.41) is 30.9. The average molecular weight is 262 g/mol. The molecule has 19 heavy (non-hydrogen) atoms. The lowest BCUT2D eigenvalue weighted by molar-refractivity contribution is 0.103. The Morgan fingerprint density at radius 2 is 1.74 bits per heavy atom. The van der Waals surface area contributed by atoms with Crippen molar-refractivity contribution in [2.75, 3.05) is 13.2 Å². The van der Waals surface area contributed by atoms with E-state index in [4.69, 9.17) is 0 Å². The van der Waals surface area contributed by atoms with Crippen molar-refractivity contribution in [2.24, 2.45) is 0 Å². The number of rotatable bonds is 6. The third kappa shape index (κ3) is 3.77. The lowest BCUT2D eigenvalue weighted by Crippen LogP contribution is -2.48. The molecule has 0 fully saturated rings. The minimum Gasteiger partial charge on any atom is -0.394 e. The molecule has 0 atom stereocenters. The fourth-order valence-electron chi connectivity index (χ4n) is 1.81. The highest BCUT2D eigenvalue weighted by atomic mass is 16.3. The van der Waals surface area contributed by atoms with Crippen LogP contribution in [0.5, 0.6) is 0 Å². The highest BCUT2D eigenvalue weighted by Crippen LogP contribution is 2.25. The number of nitrogens with zero attached hydrogens (tertiary/aromatic N) is 1. The number of nitriles is 1. The van der Waals surface area contributed by atoms with Crippen LogP contribution in [-0.4, -0.2) is 29.0 Å². The molecule has 0 aliphatic carbocycles. The van der Waals surface area contributed by atoms with Gasteiger partial charge in [0.15, 0.2) is 0 Å². The highest BCUT2D eigenvalue weighted by Gasteiger charge is 2.25. The molecule has 104 valence electrons. The molecule has 0 saturated heterocycles. The molecular formula is C15H22N2O2. The van der Waals surface area contributed by atoms with E-state index in [0.717, 1.165) is 11.1 Å². The quantitative estimate of drug-likeness (QED) is 0.722. The maximum absolute atomic E-state index is 9.26. The minimum absolute atomic E-state index is 0.146. The van der Waals surface area contributed by atoms with Gasteiger partial charge in [0.25, 0.3) is 0 Å². The van der Waals surface area contributed by atoms with Gasteiger partial charge in [0.05, 0.1) is 30.2 Å². The molecule has 3 N–H and O–H groups in total. The molecule has 1 aromatic rings. The first-order valence-electron chi connectivity index (χ1n) is 6.35. The van der Waals surface area contributed by atoms with Crippen LogP contribution >= 0.6 is 0 Å². The highest BCUT2D eigenvalue weighted by molar-refractivity contribution is 5.37. The Morgan fingerprint density at radius 1 is 1.16 bits per heavy atom. The molecule has 0 saturated carbocycles. The third-order valence-electron chi connectivity index (χ3n) is 3.37. The number of benzene rings is 1. The van der Waals surface area contributed by atoms with Crippen molar-refractivity contribution in [3.8, 4) is 6.07 Å². The molecule has 1 aromatic carbocycles. The zero-order valence-corrected chi connectivity index (χ0v) is 11.8. The van der Waals surface area contributed by atoms with Gasteiger partial charge in [-0.1, -0.05) is 24.3 Å². The second kappa shape index (κ2) is 6.16. The van der Waals surface area contributed by atoms with E-state index in [1.54, 1.807) is 6.92 Å². The Kier molecular flexibility index (Phi) is 5.07. The van der Waals surface area contributed by atoms with E-state index in [9.17, 15) is 15.5 Å². The largest absolute Gasteiger partial charge is 0.394 e. The van der Waals surface area contributed by atoms with Crippen molar-refractivity contribution in [3.05, 3.63) is 35.4 Å². The second-order valence-corrected chi connectivity index (χ2v) is 5.62. The van der Waals surface area contributed by atoms with E-state index < -0.39 is 11.0 Å².